The molecular formula is C23H21NO4. The van der Waals surface area contributed by atoms with Crippen molar-refractivity contribution >= 4 is 23.2 Å². The summed E-state index contributed by atoms with van der Waals surface area (Å²) in [6.07, 6.45) is 4.87. The molecule has 0 saturated carbocycles. The van der Waals surface area contributed by atoms with Crippen LogP contribution in [0.4, 0.5) is 0 Å². The van der Waals surface area contributed by atoms with Gasteiger partial charge in [0.1, 0.15) is 0 Å². The van der Waals surface area contributed by atoms with Crippen LogP contribution in [0.15, 0.2) is 78.5 Å². The third-order valence-corrected chi connectivity index (χ3v) is 3.98. The number of carbonyl (C=O) groups excluding carboxylic acids is 2. The number of benzene rings is 2. The lowest BCUT2D eigenvalue weighted by Gasteiger charge is -2.10. The number of nitrogens with zero attached hydrogens (tertiary/aromatic N) is 1. The predicted octanol–water partition coefficient (Wildman–Crippen LogP) is 4.01. The normalized spacial score (nSPS) is 11.4. The number of aliphatic carboxylic acids is 1. The molecule has 28 heavy (non-hydrogen) atoms. The van der Waals surface area contributed by atoms with E-state index in [1.807, 2.05) is 43.3 Å². The third kappa shape index (κ3) is 5.71. The Balaban J connectivity index is 2.48. The fourth-order valence-electron chi connectivity index (χ4n) is 2.66. The second kappa shape index (κ2) is 9.92. The minimum atomic E-state index is -1.62. The molecule has 0 spiro atoms. The molecule has 0 atom stereocenters. The van der Waals surface area contributed by atoms with Crippen LogP contribution in [0.25, 0.3) is 0 Å². The highest BCUT2D eigenvalue weighted by molar-refractivity contribution is 6.37. The summed E-state index contributed by atoms with van der Waals surface area (Å²) in [7, 11) is 0. The Morgan fingerprint density at radius 1 is 1.04 bits per heavy atom. The Hall–Kier alpha value is -3.60. The van der Waals surface area contributed by atoms with Crippen LogP contribution >= 0.6 is 0 Å². The van der Waals surface area contributed by atoms with Crippen LogP contribution in [0.1, 0.15) is 40.4 Å². The van der Waals surface area contributed by atoms with E-state index in [-0.39, 0.29) is 5.56 Å². The Kier molecular flexibility index (Phi) is 7.34. The summed E-state index contributed by atoms with van der Waals surface area (Å²) in [5.74, 6) is -3.29. The summed E-state index contributed by atoms with van der Waals surface area (Å²) >= 11 is 0. The van der Waals surface area contributed by atoms with E-state index in [2.05, 4.69) is 11.6 Å². The van der Waals surface area contributed by atoms with Gasteiger partial charge >= 0.3 is 5.97 Å². The van der Waals surface area contributed by atoms with Crippen molar-refractivity contribution in [3.8, 4) is 0 Å². The Bertz CT molecular complexity index is 956. The standard InChI is InChI=1S/C23H21NO4/c1-3-10-24-20(4-2)18-12-17(11-16-8-6-5-7-9-16)13-19(14-18)21(25)15-22(26)23(27)28/h3-10,12-14H,2,11,15H2,1H3,(H,27,28)/b10-3-,24-20?. The van der Waals surface area contributed by atoms with Gasteiger partial charge in [-0.05, 0) is 48.7 Å². The minimum absolute atomic E-state index is 0.271. The van der Waals surface area contributed by atoms with Crippen molar-refractivity contribution in [2.75, 3.05) is 0 Å². The number of carbonyl (C=O) groups is 3. The van der Waals surface area contributed by atoms with Crippen LogP contribution in [0.5, 0.6) is 0 Å². The Labute approximate surface area is 163 Å². The lowest BCUT2D eigenvalue weighted by Crippen LogP contribution is -2.17. The van der Waals surface area contributed by atoms with Crippen molar-refractivity contribution in [1.82, 2.24) is 0 Å². The van der Waals surface area contributed by atoms with Crippen LogP contribution in [-0.4, -0.2) is 28.4 Å². The van der Waals surface area contributed by atoms with E-state index in [1.54, 1.807) is 30.5 Å². The third-order valence-electron chi connectivity index (χ3n) is 3.98. The molecule has 0 fully saturated rings. The molecule has 5 nitrogen and oxygen atoms in total. The molecule has 0 aliphatic rings. The topological polar surface area (TPSA) is 83.8 Å². The zero-order chi connectivity index (χ0) is 20.5. The van der Waals surface area contributed by atoms with E-state index >= 15 is 0 Å². The SMILES string of the molecule is C=CC(=N/C=C\C)c1cc(Cc2ccccc2)cc(C(=O)CC(=O)C(=O)O)c1. The van der Waals surface area contributed by atoms with Gasteiger partial charge < -0.3 is 5.11 Å². The van der Waals surface area contributed by atoms with Gasteiger partial charge in [0.05, 0.1) is 12.1 Å². The molecule has 0 amide bonds. The van der Waals surface area contributed by atoms with E-state index in [0.29, 0.717) is 17.7 Å². The summed E-state index contributed by atoms with van der Waals surface area (Å²) in [4.78, 5) is 39.0. The molecule has 0 bridgehead atoms. The first kappa shape index (κ1) is 20.7. The highest BCUT2D eigenvalue weighted by Crippen LogP contribution is 2.18. The van der Waals surface area contributed by atoms with Crippen LogP contribution in [-0.2, 0) is 16.0 Å². The first-order valence-corrected chi connectivity index (χ1v) is 8.73. The molecular weight excluding hydrogens is 354 g/mol. The molecule has 0 aliphatic carbocycles. The molecule has 0 aromatic heterocycles. The van der Waals surface area contributed by atoms with Crippen LogP contribution < -0.4 is 0 Å². The van der Waals surface area contributed by atoms with Crippen LogP contribution in [0, 0.1) is 0 Å². The number of ketones is 2. The van der Waals surface area contributed by atoms with Gasteiger partial charge in [-0.3, -0.25) is 14.6 Å². The highest BCUT2D eigenvalue weighted by Gasteiger charge is 2.19. The van der Waals surface area contributed by atoms with Crippen LogP contribution in [0.2, 0.25) is 0 Å². The van der Waals surface area contributed by atoms with Crippen molar-refractivity contribution < 1.29 is 19.5 Å². The van der Waals surface area contributed by atoms with Gasteiger partial charge in [-0.1, -0.05) is 43.0 Å². The molecule has 0 unspecified atom stereocenters. The van der Waals surface area contributed by atoms with Crippen molar-refractivity contribution in [3.05, 3.63) is 95.7 Å². The zero-order valence-corrected chi connectivity index (χ0v) is 15.6. The minimum Gasteiger partial charge on any atom is -0.475 e. The first-order valence-electron chi connectivity index (χ1n) is 8.73. The monoisotopic (exact) mass is 375 g/mol. The number of rotatable bonds is 9. The molecule has 0 aliphatic heterocycles. The van der Waals surface area contributed by atoms with E-state index in [0.717, 1.165) is 11.1 Å². The van der Waals surface area contributed by atoms with Gasteiger partial charge in [0.25, 0.3) is 0 Å². The lowest BCUT2D eigenvalue weighted by atomic mass is 9.95. The quantitative estimate of drug-likeness (QED) is 0.311. The van der Waals surface area contributed by atoms with E-state index in [9.17, 15) is 14.4 Å². The molecule has 0 heterocycles. The summed E-state index contributed by atoms with van der Waals surface area (Å²) in [6.45, 7) is 5.60. The fraction of sp³-hybridized carbons (Fsp3) is 0.130. The van der Waals surface area contributed by atoms with Crippen molar-refractivity contribution in [2.24, 2.45) is 4.99 Å². The molecule has 2 rings (SSSR count). The number of hydrogen-bond acceptors (Lipinski definition) is 4. The molecule has 1 N–H and O–H groups in total. The molecule has 0 saturated heterocycles. The maximum atomic E-state index is 12.5. The molecule has 142 valence electrons. The number of Topliss-reactive ketones (excluding diaryl/α,β-unsaturated/α-hetero) is 2. The second-order valence-electron chi connectivity index (χ2n) is 6.11. The number of aliphatic imine (C=N–C) groups is 1. The predicted molar refractivity (Wildman–Crippen MR) is 109 cm³/mol. The van der Waals surface area contributed by atoms with Crippen molar-refractivity contribution in [2.45, 2.75) is 19.8 Å². The lowest BCUT2D eigenvalue weighted by molar-refractivity contribution is -0.148. The number of carboxylic acid groups (broad SMARTS) is 1. The molecule has 0 radical (unpaired) electrons. The van der Waals surface area contributed by atoms with Gasteiger partial charge in [-0.25, -0.2) is 4.79 Å². The Morgan fingerprint density at radius 2 is 1.71 bits per heavy atom. The van der Waals surface area contributed by atoms with Crippen molar-refractivity contribution in [3.63, 3.8) is 0 Å². The fourth-order valence-corrected chi connectivity index (χ4v) is 2.66. The van der Waals surface area contributed by atoms with Gasteiger partial charge in [0.2, 0.25) is 5.78 Å². The average Bonchev–Trinajstić information content (AvgIpc) is 2.69. The van der Waals surface area contributed by atoms with Gasteiger partial charge in [0.15, 0.2) is 5.78 Å². The number of allylic oxidation sites excluding steroid dienone is 2. The van der Waals surface area contributed by atoms with E-state index < -0.39 is 24.0 Å². The van der Waals surface area contributed by atoms with Gasteiger partial charge in [0, 0.05) is 17.3 Å². The van der Waals surface area contributed by atoms with Gasteiger partial charge in [-0.15, -0.1) is 0 Å². The maximum Gasteiger partial charge on any atom is 0.372 e. The summed E-state index contributed by atoms with van der Waals surface area (Å²) in [5, 5.41) is 8.76. The second-order valence-corrected chi connectivity index (χ2v) is 6.11. The van der Waals surface area contributed by atoms with E-state index in [4.69, 9.17) is 5.11 Å². The number of hydrogen-bond donors (Lipinski definition) is 1. The largest absolute Gasteiger partial charge is 0.475 e. The molecule has 2 aromatic carbocycles. The molecule has 2 aromatic rings. The van der Waals surface area contributed by atoms with E-state index in [1.165, 1.54) is 0 Å². The molecule has 5 heteroatoms. The van der Waals surface area contributed by atoms with Crippen LogP contribution in [0.3, 0.4) is 0 Å². The first-order chi connectivity index (χ1) is 13.4. The summed E-state index contributed by atoms with van der Waals surface area (Å²) in [5.41, 5.74) is 3.43. The average molecular weight is 375 g/mol. The Morgan fingerprint density at radius 3 is 2.32 bits per heavy atom. The van der Waals surface area contributed by atoms with Gasteiger partial charge in [-0.2, -0.15) is 0 Å². The zero-order valence-electron chi connectivity index (χ0n) is 15.6. The number of carboxylic acids is 1. The highest BCUT2D eigenvalue weighted by atomic mass is 16.4. The maximum absolute atomic E-state index is 12.5. The summed E-state index contributed by atoms with van der Waals surface area (Å²) < 4.78 is 0. The summed E-state index contributed by atoms with van der Waals surface area (Å²) in [6, 6.07) is 14.9. The smallest absolute Gasteiger partial charge is 0.372 e. The van der Waals surface area contributed by atoms with Crippen molar-refractivity contribution in [1.29, 1.82) is 0 Å².